The summed E-state index contributed by atoms with van der Waals surface area (Å²) in [6.45, 7) is 4.02. The second-order valence-electron chi connectivity index (χ2n) is 5.28. The smallest absolute Gasteiger partial charge is 0.145 e. The molecule has 0 aliphatic heterocycles. The zero-order valence-corrected chi connectivity index (χ0v) is 13.1. The molecule has 2 heterocycles. The van der Waals surface area contributed by atoms with Gasteiger partial charge in [0, 0.05) is 34.6 Å². The predicted octanol–water partition coefficient (Wildman–Crippen LogP) is 4.99. The van der Waals surface area contributed by atoms with Crippen LogP contribution in [-0.4, -0.2) is 15.6 Å². The second-order valence-corrected chi connectivity index (χ2v) is 6.13. The van der Waals surface area contributed by atoms with Crippen LogP contribution in [0.3, 0.4) is 0 Å². The number of aromatic nitrogens is 2. The van der Waals surface area contributed by atoms with Gasteiger partial charge in [0.05, 0.1) is 0 Å². The van der Waals surface area contributed by atoms with E-state index in [1.165, 1.54) is 0 Å². The fourth-order valence-electron chi connectivity index (χ4n) is 2.58. The highest BCUT2D eigenvalue weighted by Crippen LogP contribution is 2.36. The number of halogens is 1. The third-order valence-electron chi connectivity index (χ3n) is 3.67. The van der Waals surface area contributed by atoms with Crippen molar-refractivity contribution in [2.45, 2.75) is 24.7 Å². The molecule has 21 heavy (non-hydrogen) atoms. The van der Waals surface area contributed by atoms with Gasteiger partial charge < -0.3 is 4.40 Å². The molecule has 0 saturated carbocycles. The molecular weight excluding hydrogens is 283 g/mol. The summed E-state index contributed by atoms with van der Waals surface area (Å²) in [6.07, 6.45) is 7.59. The van der Waals surface area contributed by atoms with Crippen molar-refractivity contribution in [3.05, 3.63) is 54.2 Å². The molecule has 0 spiro atoms. The van der Waals surface area contributed by atoms with Gasteiger partial charge in [0.25, 0.3) is 0 Å². The molecule has 2 aromatic heterocycles. The molecule has 0 amide bonds. The van der Waals surface area contributed by atoms with Gasteiger partial charge in [-0.2, -0.15) is 0 Å². The minimum absolute atomic E-state index is 0.140. The fourth-order valence-corrected chi connectivity index (χ4v) is 3.18. The van der Waals surface area contributed by atoms with Crippen LogP contribution < -0.4 is 0 Å². The first-order chi connectivity index (χ1) is 10.1. The van der Waals surface area contributed by atoms with Crippen molar-refractivity contribution in [2.75, 3.05) is 6.26 Å². The van der Waals surface area contributed by atoms with Crippen LogP contribution in [0, 0.1) is 5.82 Å². The van der Waals surface area contributed by atoms with E-state index in [4.69, 9.17) is 0 Å². The molecule has 0 unspecified atom stereocenters. The standard InChI is InChI=1S/C17H17FN2S/c1-11(2)12-5-4-6-13(16(12)18)15-14(21-3)7-9-20-10-8-19-17(15)20/h4-11H,1-3H3. The van der Waals surface area contributed by atoms with Crippen molar-refractivity contribution in [3.63, 3.8) is 0 Å². The Balaban J connectivity index is 2.34. The number of benzene rings is 1. The molecule has 1 aromatic carbocycles. The highest BCUT2D eigenvalue weighted by molar-refractivity contribution is 7.98. The first kappa shape index (κ1) is 14.1. The lowest BCUT2D eigenvalue weighted by molar-refractivity contribution is 0.601. The minimum atomic E-state index is -0.140. The Labute approximate surface area is 128 Å². The number of fused-ring (bicyclic) bond motifs is 1. The summed E-state index contributed by atoms with van der Waals surface area (Å²) in [6, 6.07) is 7.62. The summed E-state index contributed by atoms with van der Waals surface area (Å²) < 4.78 is 16.8. The van der Waals surface area contributed by atoms with E-state index in [0.717, 1.165) is 21.7 Å². The Morgan fingerprint density at radius 3 is 2.71 bits per heavy atom. The summed E-state index contributed by atoms with van der Waals surface area (Å²) in [5, 5.41) is 0. The molecule has 2 nitrogen and oxygen atoms in total. The van der Waals surface area contributed by atoms with Crippen LogP contribution in [0.15, 0.2) is 47.8 Å². The Hall–Kier alpha value is -1.81. The quantitative estimate of drug-likeness (QED) is 0.634. The van der Waals surface area contributed by atoms with Crippen LogP contribution in [0.5, 0.6) is 0 Å². The average Bonchev–Trinajstić information content (AvgIpc) is 2.94. The lowest BCUT2D eigenvalue weighted by Gasteiger charge is -2.14. The largest absolute Gasteiger partial charge is 0.307 e. The first-order valence-electron chi connectivity index (χ1n) is 6.92. The summed E-state index contributed by atoms with van der Waals surface area (Å²) in [5.41, 5.74) is 3.03. The molecule has 0 aliphatic rings. The van der Waals surface area contributed by atoms with Gasteiger partial charge in [0.15, 0.2) is 0 Å². The number of hydrogen-bond acceptors (Lipinski definition) is 2. The van der Waals surface area contributed by atoms with E-state index in [0.29, 0.717) is 5.56 Å². The zero-order valence-electron chi connectivity index (χ0n) is 12.3. The molecule has 4 heteroatoms. The van der Waals surface area contributed by atoms with Crippen LogP contribution in [0.2, 0.25) is 0 Å². The summed E-state index contributed by atoms with van der Waals surface area (Å²) >= 11 is 1.61. The van der Waals surface area contributed by atoms with Crippen molar-refractivity contribution in [2.24, 2.45) is 0 Å². The Morgan fingerprint density at radius 2 is 2.00 bits per heavy atom. The van der Waals surface area contributed by atoms with Crippen molar-refractivity contribution < 1.29 is 4.39 Å². The van der Waals surface area contributed by atoms with Crippen molar-refractivity contribution in [1.29, 1.82) is 0 Å². The van der Waals surface area contributed by atoms with Gasteiger partial charge in [-0.15, -0.1) is 11.8 Å². The molecule has 0 N–H and O–H groups in total. The van der Waals surface area contributed by atoms with E-state index in [-0.39, 0.29) is 11.7 Å². The Morgan fingerprint density at radius 1 is 1.19 bits per heavy atom. The molecular formula is C17H17FN2S. The van der Waals surface area contributed by atoms with Crippen LogP contribution >= 0.6 is 11.8 Å². The molecule has 0 radical (unpaired) electrons. The van der Waals surface area contributed by atoms with Crippen LogP contribution in [-0.2, 0) is 0 Å². The second kappa shape index (κ2) is 5.53. The number of hydrogen-bond donors (Lipinski definition) is 0. The molecule has 0 aliphatic carbocycles. The maximum Gasteiger partial charge on any atom is 0.145 e. The highest BCUT2D eigenvalue weighted by Gasteiger charge is 2.18. The van der Waals surface area contributed by atoms with E-state index < -0.39 is 0 Å². The maximum atomic E-state index is 14.9. The lowest BCUT2D eigenvalue weighted by Crippen LogP contribution is -1.98. The van der Waals surface area contributed by atoms with E-state index in [1.54, 1.807) is 18.0 Å². The predicted molar refractivity (Wildman–Crippen MR) is 86.5 cm³/mol. The Bertz CT molecular complexity index is 793. The van der Waals surface area contributed by atoms with Crippen LogP contribution in [0.4, 0.5) is 4.39 Å². The lowest BCUT2D eigenvalue weighted by atomic mass is 9.96. The van der Waals surface area contributed by atoms with E-state index in [1.807, 2.05) is 61.2 Å². The molecule has 0 atom stereocenters. The maximum absolute atomic E-state index is 14.9. The summed E-state index contributed by atoms with van der Waals surface area (Å²) in [7, 11) is 0. The molecule has 3 rings (SSSR count). The normalized spacial score (nSPS) is 11.5. The topological polar surface area (TPSA) is 17.3 Å². The first-order valence-corrected chi connectivity index (χ1v) is 8.14. The summed E-state index contributed by atoms with van der Waals surface area (Å²) in [4.78, 5) is 5.44. The number of thioether (sulfide) groups is 1. The van der Waals surface area contributed by atoms with Crippen LogP contribution in [0.1, 0.15) is 25.3 Å². The number of nitrogens with zero attached hydrogens (tertiary/aromatic N) is 2. The van der Waals surface area contributed by atoms with Gasteiger partial charge in [0.2, 0.25) is 0 Å². The molecule has 3 aromatic rings. The van der Waals surface area contributed by atoms with E-state index in [2.05, 4.69) is 4.98 Å². The third-order valence-corrected chi connectivity index (χ3v) is 4.45. The number of imidazole rings is 1. The fraction of sp³-hybridized carbons (Fsp3) is 0.235. The SMILES string of the molecule is CSc1ccn2ccnc2c1-c1cccc(C(C)C)c1F. The number of pyridine rings is 1. The average molecular weight is 300 g/mol. The van der Waals surface area contributed by atoms with Gasteiger partial charge >= 0.3 is 0 Å². The minimum Gasteiger partial charge on any atom is -0.307 e. The van der Waals surface area contributed by atoms with Gasteiger partial charge in [-0.1, -0.05) is 32.0 Å². The van der Waals surface area contributed by atoms with Crippen molar-refractivity contribution in [1.82, 2.24) is 9.38 Å². The van der Waals surface area contributed by atoms with E-state index in [9.17, 15) is 4.39 Å². The van der Waals surface area contributed by atoms with Crippen molar-refractivity contribution >= 4 is 17.4 Å². The molecule has 0 fully saturated rings. The van der Waals surface area contributed by atoms with Crippen LogP contribution in [0.25, 0.3) is 16.8 Å². The molecule has 0 saturated heterocycles. The van der Waals surface area contributed by atoms with Gasteiger partial charge in [-0.25, -0.2) is 9.37 Å². The van der Waals surface area contributed by atoms with Gasteiger partial charge in [-0.3, -0.25) is 0 Å². The summed E-state index contributed by atoms with van der Waals surface area (Å²) in [5.74, 6) is 0.0149. The monoisotopic (exact) mass is 300 g/mol. The molecule has 0 bridgehead atoms. The third kappa shape index (κ3) is 2.33. The van der Waals surface area contributed by atoms with Crippen molar-refractivity contribution in [3.8, 4) is 11.1 Å². The highest BCUT2D eigenvalue weighted by atomic mass is 32.2. The van der Waals surface area contributed by atoms with Gasteiger partial charge in [-0.05, 0) is 23.8 Å². The molecule has 108 valence electrons. The van der Waals surface area contributed by atoms with E-state index >= 15 is 0 Å². The zero-order chi connectivity index (χ0) is 15.0. The Kier molecular flexibility index (Phi) is 3.72. The van der Waals surface area contributed by atoms with Gasteiger partial charge in [0.1, 0.15) is 11.5 Å². The number of rotatable bonds is 3.